The minimum Gasteiger partial charge on any atom is -0.490 e. The van der Waals surface area contributed by atoms with Gasteiger partial charge in [0.05, 0.1) is 13.2 Å². The SMILES string of the molecule is Cc1cc(C)c(OC(=O)N(Cc2ccc(F)c(F)c2)c2ccnc(Nc3ccc(OCCCN4CCCCC4)c(F)c3)n2)c(C)c1. The van der Waals surface area contributed by atoms with Gasteiger partial charge in [0.1, 0.15) is 11.6 Å². The van der Waals surface area contributed by atoms with Crippen LogP contribution in [0.2, 0.25) is 0 Å². The second-order valence-corrected chi connectivity index (χ2v) is 11.5. The van der Waals surface area contributed by atoms with E-state index in [0.717, 1.165) is 54.9 Å². The molecule has 5 rings (SSSR count). The summed E-state index contributed by atoms with van der Waals surface area (Å²) in [5.41, 5.74) is 3.23. The third-order valence-electron chi connectivity index (χ3n) is 7.77. The van der Waals surface area contributed by atoms with Crippen LogP contribution in [0.1, 0.15) is 47.9 Å². The van der Waals surface area contributed by atoms with Crippen LogP contribution in [-0.2, 0) is 6.54 Å². The van der Waals surface area contributed by atoms with Crippen LogP contribution in [0.25, 0.3) is 0 Å². The van der Waals surface area contributed by atoms with Gasteiger partial charge in [-0.05, 0) is 100 Å². The second-order valence-electron chi connectivity index (χ2n) is 11.5. The van der Waals surface area contributed by atoms with Gasteiger partial charge in [0.2, 0.25) is 5.95 Å². The maximum absolute atomic E-state index is 14.9. The van der Waals surface area contributed by atoms with E-state index in [1.807, 2.05) is 32.9 Å². The first-order valence-corrected chi connectivity index (χ1v) is 15.4. The molecule has 0 radical (unpaired) electrons. The standard InChI is InChI=1S/C35H38F3N5O3/c1-23-18-24(2)33(25(3)19-23)46-35(44)43(22-26-8-10-28(36)29(37)20-26)32-12-13-39-34(41-32)40-27-9-11-31(30(38)21-27)45-17-7-16-42-14-5-4-6-15-42/h8-13,18-21H,4-7,14-17,22H2,1-3H3,(H,39,40,41). The van der Waals surface area contributed by atoms with Crippen LogP contribution in [0.3, 0.4) is 0 Å². The third-order valence-corrected chi connectivity index (χ3v) is 7.77. The number of aryl methyl sites for hydroxylation is 3. The van der Waals surface area contributed by atoms with Crippen molar-refractivity contribution in [3.05, 3.63) is 100 Å². The van der Waals surface area contributed by atoms with E-state index >= 15 is 0 Å². The first-order chi connectivity index (χ1) is 22.2. The van der Waals surface area contributed by atoms with Crippen molar-refractivity contribution in [1.82, 2.24) is 14.9 Å². The summed E-state index contributed by atoms with van der Waals surface area (Å²) in [7, 11) is 0. The second kappa shape index (κ2) is 15.1. The Bertz CT molecular complexity index is 1660. The average molecular weight is 634 g/mol. The highest BCUT2D eigenvalue weighted by atomic mass is 19.2. The number of aromatic nitrogens is 2. The minimum absolute atomic E-state index is 0.0814. The van der Waals surface area contributed by atoms with Gasteiger partial charge in [-0.3, -0.25) is 4.90 Å². The lowest BCUT2D eigenvalue weighted by Crippen LogP contribution is -2.34. The molecule has 0 atom stereocenters. The summed E-state index contributed by atoms with van der Waals surface area (Å²) in [6, 6.07) is 13.1. The number of nitrogens with zero attached hydrogens (tertiary/aromatic N) is 4. The fraction of sp³-hybridized carbons (Fsp3) is 0.343. The summed E-state index contributed by atoms with van der Waals surface area (Å²) in [5.74, 6) is -1.83. The highest BCUT2D eigenvalue weighted by Crippen LogP contribution is 2.28. The molecule has 1 amide bonds. The Kier molecular flexibility index (Phi) is 10.7. The molecule has 0 unspecified atom stereocenters. The van der Waals surface area contributed by atoms with Gasteiger partial charge in [-0.25, -0.2) is 22.9 Å². The number of hydrogen-bond acceptors (Lipinski definition) is 7. The molecule has 11 heteroatoms. The Hall–Kier alpha value is -4.64. The van der Waals surface area contributed by atoms with Crippen molar-refractivity contribution in [2.24, 2.45) is 0 Å². The lowest BCUT2D eigenvalue weighted by atomic mass is 10.1. The maximum atomic E-state index is 14.9. The number of hydrogen-bond donors (Lipinski definition) is 1. The van der Waals surface area contributed by atoms with Crippen LogP contribution in [0, 0.1) is 38.2 Å². The molecule has 1 aliphatic rings. The summed E-state index contributed by atoms with van der Waals surface area (Å²) in [5, 5.41) is 2.96. The molecule has 1 aromatic heterocycles. The Morgan fingerprint density at radius 2 is 1.67 bits per heavy atom. The van der Waals surface area contributed by atoms with Gasteiger partial charge in [-0.2, -0.15) is 4.98 Å². The monoisotopic (exact) mass is 633 g/mol. The van der Waals surface area contributed by atoms with Crippen molar-refractivity contribution in [3.63, 3.8) is 0 Å². The normalized spacial score (nSPS) is 13.3. The van der Waals surface area contributed by atoms with Crippen LogP contribution in [0.5, 0.6) is 11.5 Å². The topological polar surface area (TPSA) is 79.8 Å². The lowest BCUT2D eigenvalue weighted by Gasteiger charge is -2.26. The van der Waals surface area contributed by atoms with E-state index in [0.29, 0.717) is 23.6 Å². The van der Waals surface area contributed by atoms with Crippen molar-refractivity contribution in [3.8, 4) is 11.5 Å². The molecular formula is C35H38F3N5O3. The van der Waals surface area contributed by atoms with Gasteiger partial charge < -0.3 is 19.7 Å². The summed E-state index contributed by atoms with van der Waals surface area (Å²) >= 11 is 0. The Morgan fingerprint density at radius 1 is 0.913 bits per heavy atom. The van der Waals surface area contributed by atoms with Crippen molar-refractivity contribution in [2.45, 2.75) is 53.0 Å². The molecule has 1 saturated heterocycles. The minimum atomic E-state index is -1.04. The number of piperidine rings is 1. The lowest BCUT2D eigenvalue weighted by molar-refractivity contribution is 0.203. The number of nitrogens with one attached hydrogen (secondary N) is 1. The smallest absolute Gasteiger partial charge is 0.421 e. The molecule has 4 aromatic rings. The number of ether oxygens (including phenoxy) is 2. The van der Waals surface area contributed by atoms with E-state index in [9.17, 15) is 18.0 Å². The summed E-state index contributed by atoms with van der Waals surface area (Å²) < 4.78 is 54.1. The van der Waals surface area contributed by atoms with Crippen molar-refractivity contribution in [1.29, 1.82) is 0 Å². The van der Waals surface area contributed by atoms with Crippen molar-refractivity contribution >= 4 is 23.5 Å². The van der Waals surface area contributed by atoms with Gasteiger partial charge >= 0.3 is 6.09 Å². The fourth-order valence-electron chi connectivity index (χ4n) is 5.57. The number of rotatable bonds is 11. The molecule has 0 aliphatic carbocycles. The maximum Gasteiger partial charge on any atom is 0.421 e. The predicted molar refractivity (Wildman–Crippen MR) is 171 cm³/mol. The number of halogens is 3. The van der Waals surface area contributed by atoms with Gasteiger partial charge in [-0.1, -0.05) is 30.2 Å². The summed E-state index contributed by atoms with van der Waals surface area (Å²) in [4.78, 5) is 25.9. The van der Waals surface area contributed by atoms with Gasteiger partial charge in [-0.15, -0.1) is 0 Å². The number of likely N-dealkylation sites (tertiary alicyclic amines) is 1. The molecule has 8 nitrogen and oxygen atoms in total. The summed E-state index contributed by atoms with van der Waals surface area (Å²) in [6.07, 6.45) is 5.18. The molecule has 0 bridgehead atoms. The van der Waals surface area contributed by atoms with Crippen LogP contribution >= 0.6 is 0 Å². The summed E-state index contributed by atoms with van der Waals surface area (Å²) in [6.45, 7) is 8.99. The predicted octanol–water partition coefficient (Wildman–Crippen LogP) is 8.02. The Morgan fingerprint density at radius 3 is 2.39 bits per heavy atom. The van der Waals surface area contributed by atoms with Crippen LogP contribution in [-0.4, -0.2) is 47.2 Å². The molecule has 1 N–H and O–H groups in total. The molecule has 3 aromatic carbocycles. The van der Waals surface area contributed by atoms with Crippen LogP contribution in [0.4, 0.5) is 35.4 Å². The first kappa shape index (κ1) is 32.7. The zero-order valence-electron chi connectivity index (χ0n) is 26.3. The van der Waals surface area contributed by atoms with Crippen molar-refractivity contribution < 1.29 is 27.4 Å². The molecule has 1 fully saturated rings. The van der Waals surface area contributed by atoms with Gasteiger partial charge in [0, 0.05) is 24.5 Å². The van der Waals surface area contributed by atoms with E-state index in [-0.39, 0.29) is 24.1 Å². The third kappa shape index (κ3) is 8.54. The number of carbonyl (C=O) groups is 1. The molecule has 0 spiro atoms. The average Bonchev–Trinajstić information content (AvgIpc) is 3.03. The number of anilines is 3. The van der Waals surface area contributed by atoms with Gasteiger partial charge in [0.15, 0.2) is 23.2 Å². The Labute approximate surface area is 267 Å². The number of carbonyl (C=O) groups excluding carboxylic acids is 1. The molecular weight excluding hydrogens is 595 g/mol. The van der Waals surface area contributed by atoms with Crippen molar-refractivity contribution in [2.75, 3.05) is 36.5 Å². The van der Waals surface area contributed by atoms with Crippen LogP contribution < -0.4 is 19.7 Å². The zero-order chi connectivity index (χ0) is 32.6. The highest BCUT2D eigenvalue weighted by Gasteiger charge is 2.23. The van der Waals surface area contributed by atoms with E-state index in [2.05, 4.69) is 20.2 Å². The van der Waals surface area contributed by atoms with Crippen LogP contribution in [0.15, 0.2) is 60.8 Å². The zero-order valence-corrected chi connectivity index (χ0v) is 26.3. The highest BCUT2D eigenvalue weighted by molar-refractivity contribution is 5.88. The van der Waals surface area contributed by atoms with E-state index in [4.69, 9.17) is 9.47 Å². The molecule has 242 valence electrons. The largest absolute Gasteiger partial charge is 0.490 e. The first-order valence-electron chi connectivity index (χ1n) is 15.4. The van der Waals surface area contributed by atoms with E-state index < -0.39 is 23.5 Å². The number of benzene rings is 3. The molecule has 1 aliphatic heterocycles. The Balaban J connectivity index is 1.31. The quantitative estimate of drug-likeness (QED) is 0.168. The fourth-order valence-corrected chi connectivity index (χ4v) is 5.57. The molecule has 46 heavy (non-hydrogen) atoms. The van der Waals surface area contributed by atoms with Gasteiger partial charge in [0.25, 0.3) is 0 Å². The van der Waals surface area contributed by atoms with E-state index in [1.165, 1.54) is 48.6 Å². The molecule has 2 heterocycles. The molecule has 0 saturated carbocycles. The number of amides is 1. The van der Waals surface area contributed by atoms with E-state index in [1.54, 1.807) is 12.1 Å².